The third-order valence-electron chi connectivity index (χ3n) is 2.05. The largest absolute Gasteiger partial charge is 0.480 e. The minimum atomic E-state index is -4.24. The van der Waals surface area contributed by atoms with Gasteiger partial charge in [0.05, 0.1) is 5.30 Å². The molecule has 0 fully saturated rings. The summed E-state index contributed by atoms with van der Waals surface area (Å²) in [6, 6.07) is 4.44. The van der Waals surface area contributed by atoms with Crippen molar-refractivity contribution in [1.82, 2.24) is 0 Å². The second-order valence-corrected chi connectivity index (χ2v) is 4.96. The Morgan fingerprint density at radius 3 is 2.19 bits per heavy atom. The van der Waals surface area contributed by atoms with Gasteiger partial charge in [-0.05, 0) is 24.1 Å². The molecule has 16 heavy (non-hydrogen) atoms. The number of benzene rings is 1. The van der Waals surface area contributed by atoms with Crippen LogP contribution in [0.2, 0.25) is 0 Å². The summed E-state index contributed by atoms with van der Waals surface area (Å²) in [7, 11) is -4.24. The molecule has 1 aromatic carbocycles. The standard InChI is InChI=1S/C9H12NO5P/c10-8(9(11)12)5-6-1-3-7(4-2-6)16(13,14)15/h1-4,8H,5,10H2,(H,11,12)(H2,13,14,15)/t8-/m1/s1. The summed E-state index contributed by atoms with van der Waals surface area (Å²) in [5, 5.41) is 8.48. The molecule has 0 amide bonds. The maximum atomic E-state index is 10.9. The fraction of sp³-hybridized carbons (Fsp3) is 0.222. The van der Waals surface area contributed by atoms with Gasteiger partial charge in [-0.15, -0.1) is 0 Å². The summed E-state index contributed by atoms with van der Waals surface area (Å²) in [6.45, 7) is 0. The summed E-state index contributed by atoms with van der Waals surface area (Å²) in [6.07, 6.45) is 0.122. The highest BCUT2D eigenvalue weighted by Crippen LogP contribution is 2.32. The van der Waals surface area contributed by atoms with Crippen molar-refractivity contribution >= 4 is 18.9 Å². The van der Waals surface area contributed by atoms with Crippen LogP contribution in [0.25, 0.3) is 0 Å². The van der Waals surface area contributed by atoms with Crippen LogP contribution in [0, 0.1) is 0 Å². The quantitative estimate of drug-likeness (QED) is 0.528. The van der Waals surface area contributed by atoms with Crippen molar-refractivity contribution < 1.29 is 24.3 Å². The zero-order valence-corrected chi connectivity index (χ0v) is 9.17. The number of hydrogen-bond acceptors (Lipinski definition) is 3. The van der Waals surface area contributed by atoms with Gasteiger partial charge < -0.3 is 20.6 Å². The maximum absolute atomic E-state index is 10.9. The van der Waals surface area contributed by atoms with Gasteiger partial charge in [-0.2, -0.15) is 0 Å². The Kier molecular flexibility index (Phi) is 3.83. The molecule has 1 atom stereocenters. The first kappa shape index (κ1) is 12.9. The molecule has 1 aromatic rings. The van der Waals surface area contributed by atoms with Gasteiger partial charge in [-0.1, -0.05) is 12.1 Å². The zero-order valence-electron chi connectivity index (χ0n) is 8.28. The first-order valence-electron chi connectivity index (χ1n) is 4.44. The Bertz CT molecular complexity index is 424. The Morgan fingerprint density at radius 2 is 1.81 bits per heavy atom. The normalized spacial score (nSPS) is 13.4. The molecule has 0 spiro atoms. The number of carboxylic acids is 1. The van der Waals surface area contributed by atoms with E-state index < -0.39 is 19.6 Å². The van der Waals surface area contributed by atoms with E-state index in [1.165, 1.54) is 24.3 Å². The van der Waals surface area contributed by atoms with Crippen LogP contribution in [-0.4, -0.2) is 26.9 Å². The smallest absolute Gasteiger partial charge is 0.356 e. The van der Waals surface area contributed by atoms with E-state index in [1.54, 1.807) is 0 Å². The van der Waals surface area contributed by atoms with Crippen molar-refractivity contribution in [3.8, 4) is 0 Å². The Morgan fingerprint density at radius 1 is 1.31 bits per heavy atom. The molecule has 5 N–H and O–H groups in total. The van der Waals surface area contributed by atoms with Crippen molar-refractivity contribution in [3.63, 3.8) is 0 Å². The lowest BCUT2D eigenvalue weighted by Gasteiger charge is -2.08. The number of carboxylic acid groups (broad SMARTS) is 1. The van der Waals surface area contributed by atoms with Gasteiger partial charge in [0.2, 0.25) is 0 Å². The fourth-order valence-electron chi connectivity index (χ4n) is 1.17. The first-order valence-corrected chi connectivity index (χ1v) is 6.05. The van der Waals surface area contributed by atoms with Gasteiger partial charge in [-0.3, -0.25) is 9.36 Å². The van der Waals surface area contributed by atoms with Crippen LogP contribution < -0.4 is 11.0 Å². The summed E-state index contributed by atoms with van der Waals surface area (Å²) in [5.41, 5.74) is 5.94. The summed E-state index contributed by atoms with van der Waals surface area (Å²) >= 11 is 0. The molecule has 0 aromatic heterocycles. The van der Waals surface area contributed by atoms with Crippen LogP contribution >= 0.6 is 7.60 Å². The first-order chi connectivity index (χ1) is 7.30. The lowest BCUT2D eigenvalue weighted by Crippen LogP contribution is -2.32. The molecule has 0 bridgehead atoms. The van der Waals surface area contributed by atoms with E-state index in [1.807, 2.05) is 0 Å². The van der Waals surface area contributed by atoms with Crippen LogP contribution in [0.5, 0.6) is 0 Å². The van der Waals surface area contributed by atoms with Gasteiger partial charge in [0.25, 0.3) is 0 Å². The number of nitrogens with two attached hydrogens (primary N) is 1. The SMILES string of the molecule is N[C@H](Cc1ccc(P(=O)(O)O)cc1)C(=O)O. The lowest BCUT2D eigenvalue weighted by molar-refractivity contribution is -0.138. The van der Waals surface area contributed by atoms with Crippen LogP contribution in [0.3, 0.4) is 0 Å². The third kappa shape index (κ3) is 3.43. The highest BCUT2D eigenvalue weighted by Gasteiger charge is 2.17. The van der Waals surface area contributed by atoms with E-state index in [0.29, 0.717) is 5.56 Å². The second-order valence-electron chi connectivity index (χ2n) is 3.36. The molecule has 0 aliphatic heterocycles. The Balaban J connectivity index is 2.80. The van der Waals surface area contributed by atoms with Gasteiger partial charge in [0, 0.05) is 0 Å². The Hall–Kier alpha value is -1.20. The predicted octanol–water partition coefficient (Wildman–Crippen LogP) is -0.556. The fourth-order valence-corrected chi connectivity index (χ4v) is 1.70. The maximum Gasteiger partial charge on any atom is 0.356 e. The molecule has 0 aliphatic rings. The lowest BCUT2D eigenvalue weighted by atomic mass is 10.1. The number of carbonyl (C=O) groups is 1. The van der Waals surface area contributed by atoms with Crippen molar-refractivity contribution in [3.05, 3.63) is 29.8 Å². The molecule has 6 nitrogen and oxygen atoms in total. The van der Waals surface area contributed by atoms with E-state index in [9.17, 15) is 9.36 Å². The molecule has 0 heterocycles. The highest BCUT2D eigenvalue weighted by molar-refractivity contribution is 7.60. The van der Waals surface area contributed by atoms with E-state index >= 15 is 0 Å². The van der Waals surface area contributed by atoms with Crippen LogP contribution in [-0.2, 0) is 15.8 Å². The average Bonchev–Trinajstić information content (AvgIpc) is 2.17. The monoisotopic (exact) mass is 245 g/mol. The van der Waals surface area contributed by atoms with E-state index in [4.69, 9.17) is 20.6 Å². The topological polar surface area (TPSA) is 121 Å². The number of aliphatic carboxylic acids is 1. The molecular formula is C9H12NO5P. The summed E-state index contributed by atoms with van der Waals surface area (Å²) < 4.78 is 10.9. The molecule has 0 saturated carbocycles. The minimum Gasteiger partial charge on any atom is -0.480 e. The van der Waals surface area contributed by atoms with Crippen molar-refractivity contribution in [2.24, 2.45) is 5.73 Å². The van der Waals surface area contributed by atoms with Gasteiger partial charge in [0.15, 0.2) is 0 Å². The molecular weight excluding hydrogens is 233 g/mol. The molecule has 88 valence electrons. The van der Waals surface area contributed by atoms with Gasteiger partial charge in [-0.25, -0.2) is 0 Å². The molecule has 1 rings (SSSR count). The predicted molar refractivity (Wildman–Crippen MR) is 57.4 cm³/mol. The van der Waals surface area contributed by atoms with E-state index in [0.717, 1.165) is 0 Å². The third-order valence-corrected chi connectivity index (χ3v) is 3.02. The van der Waals surface area contributed by atoms with Crippen LogP contribution in [0.4, 0.5) is 0 Å². The molecule has 0 aliphatic carbocycles. The number of hydrogen-bond donors (Lipinski definition) is 4. The minimum absolute atomic E-state index is 0.0971. The molecule has 0 radical (unpaired) electrons. The molecule has 7 heteroatoms. The van der Waals surface area contributed by atoms with Crippen molar-refractivity contribution in [2.45, 2.75) is 12.5 Å². The molecule has 0 unspecified atom stereocenters. The highest BCUT2D eigenvalue weighted by atomic mass is 31.2. The summed E-state index contributed by atoms with van der Waals surface area (Å²) in [5.74, 6) is -1.11. The van der Waals surface area contributed by atoms with Crippen LogP contribution in [0.15, 0.2) is 24.3 Å². The zero-order chi connectivity index (χ0) is 12.3. The van der Waals surface area contributed by atoms with E-state index in [-0.39, 0.29) is 11.7 Å². The average molecular weight is 245 g/mol. The van der Waals surface area contributed by atoms with Gasteiger partial charge >= 0.3 is 13.6 Å². The number of rotatable bonds is 4. The van der Waals surface area contributed by atoms with Gasteiger partial charge in [0.1, 0.15) is 6.04 Å². The van der Waals surface area contributed by atoms with Crippen LogP contribution in [0.1, 0.15) is 5.56 Å². The summed E-state index contributed by atoms with van der Waals surface area (Å²) in [4.78, 5) is 28.2. The van der Waals surface area contributed by atoms with Crippen molar-refractivity contribution in [2.75, 3.05) is 0 Å². The Labute approximate surface area is 91.9 Å². The van der Waals surface area contributed by atoms with Crippen molar-refractivity contribution in [1.29, 1.82) is 0 Å². The van der Waals surface area contributed by atoms with E-state index in [2.05, 4.69) is 0 Å². The molecule has 0 saturated heterocycles. The second kappa shape index (κ2) is 4.76.